The van der Waals surface area contributed by atoms with Crippen LogP contribution in [-0.4, -0.2) is 47.8 Å². The zero-order valence-electron chi connectivity index (χ0n) is 13.8. The topological polar surface area (TPSA) is 40.6 Å². The number of amides is 2. The molecule has 1 unspecified atom stereocenters. The Morgan fingerprint density at radius 2 is 1.71 bits per heavy atom. The van der Waals surface area contributed by atoms with E-state index in [9.17, 15) is 9.59 Å². The van der Waals surface area contributed by atoms with E-state index in [1.165, 1.54) is 6.42 Å². The van der Waals surface area contributed by atoms with E-state index in [1.54, 1.807) is 0 Å². The monoisotopic (exact) mass is 294 g/mol. The molecular formula is C17H30N2O2. The van der Waals surface area contributed by atoms with Crippen LogP contribution in [0.25, 0.3) is 0 Å². The summed E-state index contributed by atoms with van der Waals surface area (Å²) in [5.74, 6) is 1.76. The van der Waals surface area contributed by atoms with Gasteiger partial charge < -0.3 is 9.80 Å². The average molecular weight is 294 g/mol. The van der Waals surface area contributed by atoms with E-state index < -0.39 is 0 Å². The minimum atomic E-state index is 0.137. The van der Waals surface area contributed by atoms with E-state index in [2.05, 4.69) is 25.7 Å². The molecule has 0 bridgehead atoms. The Labute approximate surface area is 128 Å². The van der Waals surface area contributed by atoms with Crippen molar-refractivity contribution in [3.63, 3.8) is 0 Å². The van der Waals surface area contributed by atoms with Crippen molar-refractivity contribution in [1.29, 1.82) is 0 Å². The molecule has 0 radical (unpaired) electrons. The molecule has 4 heteroatoms. The van der Waals surface area contributed by atoms with E-state index in [1.807, 2.05) is 4.90 Å². The molecule has 0 N–H and O–H groups in total. The molecule has 0 spiro atoms. The second kappa shape index (κ2) is 7.28. The van der Waals surface area contributed by atoms with Gasteiger partial charge in [-0.2, -0.15) is 0 Å². The quantitative estimate of drug-likeness (QED) is 0.802. The third-order valence-corrected chi connectivity index (χ3v) is 4.75. The van der Waals surface area contributed by atoms with Gasteiger partial charge in [-0.3, -0.25) is 9.59 Å². The van der Waals surface area contributed by atoms with Crippen molar-refractivity contribution >= 4 is 11.8 Å². The van der Waals surface area contributed by atoms with Crippen molar-refractivity contribution in [3.8, 4) is 0 Å². The van der Waals surface area contributed by atoms with E-state index in [0.717, 1.165) is 45.4 Å². The second-order valence-corrected chi connectivity index (χ2v) is 7.28. The van der Waals surface area contributed by atoms with Gasteiger partial charge in [0.25, 0.3) is 0 Å². The fourth-order valence-electron chi connectivity index (χ4n) is 3.50. The van der Waals surface area contributed by atoms with Crippen molar-refractivity contribution in [2.75, 3.05) is 26.2 Å². The van der Waals surface area contributed by atoms with Crippen LogP contribution in [0.2, 0.25) is 0 Å². The van der Waals surface area contributed by atoms with Crippen molar-refractivity contribution in [1.82, 2.24) is 9.80 Å². The van der Waals surface area contributed by atoms with Gasteiger partial charge in [-0.1, -0.05) is 20.8 Å². The number of piperidine rings is 2. The molecule has 2 amide bonds. The minimum Gasteiger partial charge on any atom is -0.343 e. The van der Waals surface area contributed by atoms with Gasteiger partial charge in [-0.25, -0.2) is 0 Å². The predicted octanol–water partition coefficient (Wildman–Crippen LogP) is 2.53. The first-order chi connectivity index (χ1) is 9.97. The average Bonchev–Trinajstić information content (AvgIpc) is 2.46. The molecule has 0 aromatic carbocycles. The summed E-state index contributed by atoms with van der Waals surface area (Å²) >= 11 is 0. The SMILES string of the molecule is CC(C)CC(=O)N1CCC(C(=O)N2CCCC(C)C2)CC1. The molecule has 0 saturated carbocycles. The summed E-state index contributed by atoms with van der Waals surface area (Å²) in [7, 11) is 0. The molecule has 1 atom stereocenters. The highest BCUT2D eigenvalue weighted by Gasteiger charge is 2.31. The van der Waals surface area contributed by atoms with Gasteiger partial charge in [0.15, 0.2) is 0 Å². The number of hydrogen-bond acceptors (Lipinski definition) is 2. The fraction of sp³-hybridized carbons (Fsp3) is 0.882. The lowest BCUT2D eigenvalue weighted by Crippen LogP contribution is -2.47. The van der Waals surface area contributed by atoms with Crippen LogP contribution in [0.3, 0.4) is 0 Å². The summed E-state index contributed by atoms with van der Waals surface area (Å²) in [5.41, 5.74) is 0. The highest BCUT2D eigenvalue weighted by Crippen LogP contribution is 2.24. The first-order valence-electron chi connectivity index (χ1n) is 8.54. The van der Waals surface area contributed by atoms with Gasteiger partial charge >= 0.3 is 0 Å². The number of carbonyl (C=O) groups excluding carboxylic acids is 2. The molecule has 2 fully saturated rings. The van der Waals surface area contributed by atoms with Crippen LogP contribution in [-0.2, 0) is 9.59 Å². The van der Waals surface area contributed by atoms with Gasteiger partial charge in [0.1, 0.15) is 0 Å². The van der Waals surface area contributed by atoms with Crippen LogP contribution in [0.15, 0.2) is 0 Å². The molecule has 120 valence electrons. The van der Waals surface area contributed by atoms with Crippen LogP contribution < -0.4 is 0 Å². The van der Waals surface area contributed by atoms with Crippen LogP contribution in [0.1, 0.15) is 52.9 Å². The third kappa shape index (κ3) is 4.45. The van der Waals surface area contributed by atoms with Gasteiger partial charge in [0.05, 0.1) is 0 Å². The summed E-state index contributed by atoms with van der Waals surface area (Å²) in [4.78, 5) is 28.6. The predicted molar refractivity (Wildman–Crippen MR) is 83.7 cm³/mol. The van der Waals surface area contributed by atoms with E-state index >= 15 is 0 Å². The molecule has 4 nitrogen and oxygen atoms in total. The lowest BCUT2D eigenvalue weighted by Gasteiger charge is -2.37. The van der Waals surface area contributed by atoms with Crippen molar-refractivity contribution in [2.45, 2.75) is 52.9 Å². The van der Waals surface area contributed by atoms with Gasteiger partial charge in [0.2, 0.25) is 11.8 Å². The number of nitrogens with zero attached hydrogens (tertiary/aromatic N) is 2. The van der Waals surface area contributed by atoms with E-state index in [4.69, 9.17) is 0 Å². The van der Waals surface area contributed by atoms with Crippen LogP contribution in [0.4, 0.5) is 0 Å². The Morgan fingerprint density at radius 1 is 1.05 bits per heavy atom. The first-order valence-corrected chi connectivity index (χ1v) is 8.54. The van der Waals surface area contributed by atoms with Crippen molar-refractivity contribution in [3.05, 3.63) is 0 Å². The number of carbonyl (C=O) groups is 2. The highest BCUT2D eigenvalue weighted by molar-refractivity contribution is 5.80. The normalized spacial score (nSPS) is 24.5. The molecule has 0 aromatic heterocycles. The Morgan fingerprint density at radius 3 is 2.29 bits per heavy atom. The van der Waals surface area contributed by atoms with Gasteiger partial charge in [-0.05, 0) is 37.5 Å². The molecular weight excluding hydrogens is 264 g/mol. The van der Waals surface area contributed by atoms with Gasteiger partial charge in [-0.15, -0.1) is 0 Å². The largest absolute Gasteiger partial charge is 0.343 e. The summed E-state index contributed by atoms with van der Waals surface area (Å²) in [6, 6.07) is 0. The molecule has 2 heterocycles. The van der Waals surface area contributed by atoms with Crippen molar-refractivity contribution < 1.29 is 9.59 Å². The molecule has 2 rings (SSSR count). The van der Waals surface area contributed by atoms with Gasteiger partial charge in [0, 0.05) is 38.5 Å². The van der Waals surface area contributed by atoms with E-state index in [-0.39, 0.29) is 11.8 Å². The number of rotatable bonds is 3. The molecule has 2 aliphatic rings. The summed E-state index contributed by atoms with van der Waals surface area (Å²) in [6.07, 6.45) is 4.69. The van der Waals surface area contributed by atoms with Crippen molar-refractivity contribution in [2.24, 2.45) is 17.8 Å². The first kappa shape index (κ1) is 16.3. The van der Waals surface area contributed by atoms with E-state index in [0.29, 0.717) is 24.2 Å². The fourth-order valence-corrected chi connectivity index (χ4v) is 3.50. The summed E-state index contributed by atoms with van der Waals surface area (Å²) in [5, 5.41) is 0. The van der Waals surface area contributed by atoms with Crippen LogP contribution in [0, 0.1) is 17.8 Å². The zero-order valence-corrected chi connectivity index (χ0v) is 13.8. The minimum absolute atomic E-state index is 0.137. The third-order valence-electron chi connectivity index (χ3n) is 4.75. The second-order valence-electron chi connectivity index (χ2n) is 7.28. The Hall–Kier alpha value is -1.06. The molecule has 21 heavy (non-hydrogen) atoms. The molecule has 0 aromatic rings. The smallest absolute Gasteiger partial charge is 0.225 e. The Bertz CT molecular complexity index is 373. The number of likely N-dealkylation sites (tertiary alicyclic amines) is 2. The Balaban J connectivity index is 1.80. The summed E-state index contributed by atoms with van der Waals surface area (Å²) < 4.78 is 0. The maximum atomic E-state index is 12.6. The lowest BCUT2D eigenvalue weighted by molar-refractivity contribution is -0.142. The number of hydrogen-bond donors (Lipinski definition) is 0. The maximum absolute atomic E-state index is 12.6. The zero-order chi connectivity index (χ0) is 15.4. The summed E-state index contributed by atoms with van der Waals surface area (Å²) in [6.45, 7) is 9.74. The molecule has 2 saturated heterocycles. The van der Waals surface area contributed by atoms with Crippen LogP contribution >= 0.6 is 0 Å². The molecule has 2 aliphatic heterocycles. The molecule has 0 aliphatic carbocycles. The standard InChI is InChI=1S/C17H30N2O2/c1-13(2)11-16(20)18-9-6-15(7-10-18)17(21)19-8-4-5-14(3)12-19/h13-15H,4-12H2,1-3H3. The highest BCUT2D eigenvalue weighted by atomic mass is 16.2. The van der Waals surface area contributed by atoms with Crippen LogP contribution in [0.5, 0.6) is 0 Å². The maximum Gasteiger partial charge on any atom is 0.225 e. The lowest BCUT2D eigenvalue weighted by atomic mass is 9.92. The Kier molecular flexibility index (Phi) is 5.65.